The van der Waals surface area contributed by atoms with Gasteiger partial charge in [-0.15, -0.1) is 0 Å². The van der Waals surface area contributed by atoms with E-state index in [-0.39, 0.29) is 13.2 Å². The number of carboxylic acid groups (broad SMARTS) is 1. The number of aryl methyl sites for hydroxylation is 4. The highest BCUT2D eigenvalue weighted by Crippen LogP contribution is 2.31. The van der Waals surface area contributed by atoms with Crippen LogP contribution >= 0.6 is 11.3 Å². The summed E-state index contributed by atoms with van der Waals surface area (Å²) in [6.45, 7) is 8.10. The number of hydrogen-bond acceptors (Lipinski definition) is 8. The van der Waals surface area contributed by atoms with Crippen LogP contribution in [0.1, 0.15) is 37.5 Å². The molecule has 12 heteroatoms. The number of benzene rings is 1. The number of thiophene rings is 1. The van der Waals surface area contributed by atoms with E-state index in [1.165, 1.54) is 36.7 Å². The van der Waals surface area contributed by atoms with Gasteiger partial charge in [0.25, 0.3) is 5.56 Å². The van der Waals surface area contributed by atoms with E-state index in [1.807, 2.05) is 25.1 Å². The number of ether oxygens (including phenoxy) is 1. The first kappa shape index (κ1) is 29.8. The molecule has 0 bridgehead atoms. The smallest absolute Gasteiger partial charge is 0.333 e. The van der Waals surface area contributed by atoms with Crippen molar-refractivity contribution in [3.8, 4) is 10.8 Å². The van der Waals surface area contributed by atoms with Gasteiger partial charge in [0.05, 0.1) is 25.2 Å². The van der Waals surface area contributed by atoms with Crippen LogP contribution in [0, 0.1) is 13.8 Å². The monoisotopic (exact) mass is 558 g/mol. The number of nitrogens with zero attached hydrogens (tertiary/aromatic N) is 4. The Morgan fingerprint density at radius 1 is 1.23 bits per heavy atom. The lowest BCUT2D eigenvalue weighted by Gasteiger charge is -2.23. The van der Waals surface area contributed by atoms with Crippen LogP contribution < -0.4 is 16.0 Å². The van der Waals surface area contributed by atoms with Crippen molar-refractivity contribution in [3.63, 3.8) is 0 Å². The Bertz CT molecular complexity index is 1580. The maximum atomic E-state index is 13.6. The maximum Gasteiger partial charge on any atom is 0.333 e. The van der Waals surface area contributed by atoms with E-state index in [9.17, 15) is 19.5 Å². The van der Waals surface area contributed by atoms with Gasteiger partial charge in [-0.1, -0.05) is 29.0 Å². The first-order valence-electron chi connectivity index (χ1n) is 12.3. The van der Waals surface area contributed by atoms with E-state index < -0.39 is 28.9 Å². The summed E-state index contributed by atoms with van der Waals surface area (Å²) in [5.41, 5.74) is -0.401. The molecule has 4 aromatic rings. The molecule has 0 saturated carbocycles. The van der Waals surface area contributed by atoms with E-state index in [1.54, 1.807) is 37.2 Å². The molecule has 0 aliphatic heterocycles. The van der Waals surface area contributed by atoms with E-state index in [0.29, 0.717) is 33.0 Å². The Balaban J connectivity index is 0.000000771. The van der Waals surface area contributed by atoms with Gasteiger partial charge in [-0.2, -0.15) is 5.10 Å². The summed E-state index contributed by atoms with van der Waals surface area (Å²) >= 11 is 1.28. The molecule has 0 aliphatic carbocycles. The Hall–Kier alpha value is -3.74. The molecule has 11 nitrogen and oxygen atoms in total. The van der Waals surface area contributed by atoms with Gasteiger partial charge in [-0.25, -0.2) is 18.8 Å². The number of aliphatic carboxylic acids is 1. The van der Waals surface area contributed by atoms with Crippen LogP contribution in [0.2, 0.25) is 0 Å². The normalized spacial score (nSPS) is 12.2. The zero-order chi connectivity index (χ0) is 29.1. The van der Waals surface area contributed by atoms with Gasteiger partial charge in [0.1, 0.15) is 21.1 Å². The molecular formula is C27H34N4O7S. The van der Waals surface area contributed by atoms with Crippen LogP contribution in [0.4, 0.5) is 0 Å². The fourth-order valence-electron chi connectivity index (χ4n) is 4.06. The predicted molar refractivity (Wildman–Crippen MR) is 149 cm³/mol. The fraction of sp³-hybridized carbons (Fsp3) is 0.407. The number of hydrogen-bond donors (Lipinski definition) is 3. The lowest BCUT2D eigenvalue weighted by atomic mass is 10.1. The third kappa shape index (κ3) is 5.97. The third-order valence-electron chi connectivity index (χ3n) is 6.29. The number of rotatable bonds is 8. The molecule has 210 valence electrons. The quantitative estimate of drug-likeness (QED) is 0.299. The maximum absolute atomic E-state index is 13.6. The fourth-order valence-corrected chi connectivity index (χ4v) is 5.32. The number of aliphatic hydroxyl groups excluding tert-OH is 2. The van der Waals surface area contributed by atoms with Crippen molar-refractivity contribution in [2.45, 2.75) is 59.2 Å². The highest BCUT2D eigenvalue weighted by atomic mass is 32.1. The highest BCUT2D eigenvalue weighted by Gasteiger charge is 2.35. The minimum Gasteiger partial charge on any atom is -0.496 e. The average Bonchev–Trinajstić information content (AvgIpc) is 3.52. The predicted octanol–water partition coefficient (Wildman–Crippen LogP) is 2.46. The van der Waals surface area contributed by atoms with E-state index >= 15 is 0 Å². The summed E-state index contributed by atoms with van der Waals surface area (Å²) in [6, 6.07) is 7.59. The van der Waals surface area contributed by atoms with Gasteiger partial charge >= 0.3 is 11.7 Å². The second-order valence-electron chi connectivity index (χ2n) is 9.70. The summed E-state index contributed by atoms with van der Waals surface area (Å²) < 4.78 is 9.46. The Morgan fingerprint density at radius 2 is 1.90 bits per heavy atom. The SMILES string of the molecule is CC(O)CO.COc1ccc(C)cc1CCn1c(=O)n(C(C)(C)C(=O)O)c(=O)c2c(C)c(-n3cccn3)sc21. The molecule has 0 spiro atoms. The largest absolute Gasteiger partial charge is 0.496 e. The molecule has 4 rings (SSSR count). The summed E-state index contributed by atoms with van der Waals surface area (Å²) in [6.07, 6.45) is 3.29. The molecule has 39 heavy (non-hydrogen) atoms. The van der Waals surface area contributed by atoms with Gasteiger partial charge in [0, 0.05) is 24.5 Å². The number of aliphatic hydroxyl groups is 2. The first-order chi connectivity index (χ1) is 18.3. The van der Waals surface area contributed by atoms with Crippen molar-refractivity contribution in [1.82, 2.24) is 18.9 Å². The molecule has 0 radical (unpaired) electrons. The van der Waals surface area contributed by atoms with Crippen LogP contribution in [0.5, 0.6) is 5.75 Å². The topological polar surface area (TPSA) is 149 Å². The molecule has 3 N–H and O–H groups in total. The van der Waals surface area contributed by atoms with Crippen LogP contribution in [0.3, 0.4) is 0 Å². The van der Waals surface area contributed by atoms with Gasteiger partial charge in [-0.05, 0) is 58.7 Å². The van der Waals surface area contributed by atoms with Crippen LogP contribution in [0.15, 0.2) is 46.2 Å². The summed E-state index contributed by atoms with van der Waals surface area (Å²) in [5, 5.41) is 31.1. The minimum atomic E-state index is -1.73. The number of methoxy groups -OCH3 is 1. The van der Waals surface area contributed by atoms with Crippen molar-refractivity contribution in [3.05, 3.63) is 74.2 Å². The Morgan fingerprint density at radius 3 is 2.44 bits per heavy atom. The summed E-state index contributed by atoms with van der Waals surface area (Å²) in [5.74, 6) is -0.563. The first-order valence-corrected chi connectivity index (χ1v) is 13.1. The van der Waals surface area contributed by atoms with Crippen molar-refractivity contribution in [1.29, 1.82) is 0 Å². The molecule has 1 aromatic carbocycles. The molecule has 0 saturated heterocycles. The highest BCUT2D eigenvalue weighted by molar-refractivity contribution is 7.21. The molecular weight excluding hydrogens is 524 g/mol. The van der Waals surface area contributed by atoms with Crippen LogP contribution in [0.25, 0.3) is 15.2 Å². The standard InChI is InChI=1S/C24H26N4O5S.C3H8O2/c1-14-7-8-17(33-5)16(13-14)9-12-26-21-18(15(2)20(34-21)27-11-6-10-25-27)19(29)28(23(26)32)24(3,4)22(30)31;1-3(5)2-4/h6-8,10-11,13H,9,12H2,1-5H3,(H,30,31);3-5H,2H2,1H3. The molecule has 0 fully saturated rings. The third-order valence-corrected chi connectivity index (χ3v) is 7.59. The molecule has 3 aromatic heterocycles. The second kappa shape index (κ2) is 12.0. The Labute approximate surface area is 229 Å². The van der Waals surface area contributed by atoms with E-state index in [4.69, 9.17) is 14.9 Å². The molecule has 0 aliphatic rings. The number of fused-ring (bicyclic) bond motifs is 1. The molecule has 1 unspecified atom stereocenters. The van der Waals surface area contributed by atoms with Crippen molar-refractivity contribution in [2.24, 2.45) is 0 Å². The van der Waals surface area contributed by atoms with Crippen molar-refractivity contribution < 1.29 is 24.9 Å². The lowest BCUT2D eigenvalue weighted by Crippen LogP contribution is -2.52. The molecule has 0 amide bonds. The van der Waals surface area contributed by atoms with E-state index in [0.717, 1.165) is 15.7 Å². The van der Waals surface area contributed by atoms with E-state index in [2.05, 4.69) is 5.10 Å². The zero-order valence-corrected chi connectivity index (χ0v) is 23.7. The van der Waals surface area contributed by atoms with Gasteiger partial charge in [0.15, 0.2) is 0 Å². The van der Waals surface area contributed by atoms with Gasteiger partial charge in [0.2, 0.25) is 0 Å². The number of aromatic nitrogens is 4. The summed E-state index contributed by atoms with van der Waals surface area (Å²) in [4.78, 5) is 39.6. The summed E-state index contributed by atoms with van der Waals surface area (Å²) in [7, 11) is 1.59. The van der Waals surface area contributed by atoms with Crippen molar-refractivity contribution in [2.75, 3.05) is 13.7 Å². The number of carbonyl (C=O) groups is 1. The van der Waals surface area contributed by atoms with Crippen molar-refractivity contribution >= 4 is 27.5 Å². The minimum absolute atomic E-state index is 0.139. The van der Waals surface area contributed by atoms with Crippen LogP contribution in [-0.2, 0) is 23.3 Å². The average molecular weight is 559 g/mol. The lowest BCUT2D eigenvalue weighted by molar-refractivity contribution is -0.146. The van der Waals surface area contributed by atoms with Gasteiger partial charge < -0.3 is 20.1 Å². The Kier molecular flexibility index (Phi) is 9.15. The molecule has 3 heterocycles. The zero-order valence-electron chi connectivity index (χ0n) is 22.8. The second-order valence-corrected chi connectivity index (χ2v) is 10.7. The number of carboxylic acids is 1. The van der Waals surface area contributed by atoms with Gasteiger partial charge in [-0.3, -0.25) is 9.36 Å². The molecule has 1 atom stereocenters. The van der Waals surface area contributed by atoms with Crippen LogP contribution in [-0.4, -0.2) is 60.0 Å².